The number of pyridine rings is 1. The first-order chi connectivity index (χ1) is 10.8. The molecular formula is C16H20N4O2. The lowest BCUT2D eigenvalue weighted by atomic mass is 9.94. The summed E-state index contributed by atoms with van der Waals surface area (Å²) in [5.41, 5.74) is 1.73. The summed E-state index contributed by atoms with van der Waals surface area (Å²) in [7, 11) is 0. The molecule has 1 aliphatic rings. The highest BCUT2D eigenvalue weighted by Crippen LogP contribution is 2.26. The topological polar surface area (TPSA) is 71.1 Å². The molecule has 0 spiro atoms. The van der Waals surface area contributed by atoms with Gasteiger partial charge in [-0.1, -0.05) is 0 Å². The van der Waals surface area contributed by atoms with Gasteiger partial charge in [0.2, 0.25) is 5.88 Å². The largest absolute Gasteiger partial charge is 0.478 e. The van der Waals surface area contributed by atoms with E-state index in [-0.39, 0.29) is 5.91 Å². The number of hydrogen-bond acceptors (Lipinski definition) is 4. The Balaban J connectivity index is 1.72. The number of carbonyl (C=O) groups is 1. The minimum absolute atomic E-state index is 0.0348. The van der Waals surface area contributed by atoms with Gasteiger partial charge in [-0.3, -0.25) is 9.89 Å². The standard InChI is InChI=1S/C16H20N4O2/c1-2-22-15-10-12(5-7-17-15)16(21)20-9-3-4-13(11-20)14-6-8-18-19-14/h5-8,10,13H,2-4,9,11H2,1H3,(H,18,19). The Kier molecular flexibility index (Phi) is 4.37. The summed E-state index contributed by atoms with van der Waals surface area (Å²) < 4.78 is 5.37. The first kappa shape index (κ1) is 14.6. The maximum absolute atomic E-state index is 12.7. The molecule has 0 aliphatic carbocycles. The van der Waals surface area contributed by atoms with Crippen molar-refractivity contribution in [3.8, 4) is 5.88 Å². The highest BCUT2D eigenvalue weighted by molar-refractivity contribution is 5.94. The molecule has 2 aromatic rings. The summed E-state index contributed by atoms with van der Waals surface area (Å²) in [5, 5.41) is 7.02. The molecule has 1 fully saturated rings. The van der Waals surface area contributed by atoms with Crippen molar-refractivity contribution in [2.45, 2.75) is 25.7 Å². The lowest BCUT2D eigenvalue weighted by Crippen LogP contribution is -2.39. The van der Waals surface area contributed by atoms with Gasteiger partial charge in [-0.15, -0.1) is 0 Å². The van der Waals surface area contributed by atoms with Gasteiger partial charge >= 0.3 is 0 Å². The highest BCUT2D eigenvalue weighted by Gasteiger charge is 2.26. The Labute approximate surface area is 129 Å². The molecular weight excluding hydrogens is 280 g/mol. The van der Waals surface area contributed by atoms with Gasteiger partial charge in [0.25, 0.3) is 5.91 Å². The number of H-pyrrole nitrogens is 1. The third-order valence-corrected chi connectivity index (χ3v) is 3.94. The van der Waals surface area contributed by atoms with E-state index in [4.69, 9.17) is 4.74 Å². The fourth-order valence-corrected chi connectivity index (χ4v) is 2.86. The molecule has 1 unspecified atom stereocenters. The molecule has 116 valence electrons. The molecule has 3 heterocycles. The maximum Gasteiger partial charge on any atom is 0.254 e. The number of amides is 1. The van der Waals surface area contributed by atoms with Crippen LogP contribution in [0, 0.1) is 0 Å². The van der Waals surface area contributed by atoms with Gasteiger partial charge in [-0.2, -0.15) is 5.10 Å². The monoisotopic (exact) mass is 300 g/mol. The number of nitrogens with zero attached hydrogens (tertiary/aromatic N) is 3. The third-order valence-electron chi connectivity index (χ3n) is 3.94. The quantitative estimate of drug-likeness (QED) is 0.940. The summed E-state index contributed by atoms with van der Waals surface area (Å²) >= 11 is 0. The number of nitrogens with one attached hydrogen (secondary N) is 1. The Bertz CT molecular complexity index is 627. The van der Waals surface area contributed by atoms with Gasteiger partial charge in [-0.05, 0) is 31.9 Å². The second-order valence-electron chi connectivity index (χ2n) is 5.42. The molecule has 0 bridgehead atoms. The lowest BCUT2D eigenvalue weighted by molar-refractivity contribution is 0.0705. The summed E-state index contributed by atoms with van der Waals surface area (Å²) in [4.78, 5) is 18.7. The Morgan fingerprint density at radius 3 is 3.14 bits per heavy atom. The maximum atomic E-state index is 12.7. The average molecular weight is 300 g/mol. The van der Waals surface area contributed by atoms with Gasteiger partial charge < -0.3 is 9.64 Å². The fourth-order valence-electron chi connectivity index (χ4n) is 2.86. The summed E-state index contributed by atoms with van der Waals surface area (Å²) in [6, 6.07) is 5.44. The smallest absolute Gasteiger partial charge is 0.254 e. The van der Waals surface area contributed by atoms with E-state index >= 15 is 0 Å². The SMILES string of the molecule is CCOc1cc(C(=O)N2CCCC(c3ccn[nH]3)C2)ccn1. The summed E-state index contributed by atoms with van der Waals surface area (Å²) in [6.45, 7) is 3.94. The Morgan fingerprint density at radius 2 is 2.36 bits per heavy atom. The number of carbonyl (C=O) groups excluding carboxylic acids is 1. The molecule has 1 saturated heterocycles. The second kappa shape index (κ2) is 6.60. The van der Waals surface area contributed by atoms with E-state index < -0.39 is 0 Å². The predicted octanol–water partition coefficient (Wildman–Crippen LogP) is 2.22. The van der Waals surface area contributed by atoms with Crippen LogP contribution in [0.15, 0.2) is 30.6 Å². The normalized spacial score (nSPS) is 18.2. The molecule has 3 rings (SSSR count). The van der Waals surface area contributed by atoms with E-state index in [1.54, 1.807) is 24.5 Å². The van der Waals surface area contributed by atoms with Crippen LogP contribution >= 0.6 is 0 Å². The van der Waals surface area contributed by atoms with E-state index in [2.05, 4.69) is 15.2 Å². The van der Waals surface area contributed by atoms with Crippen LogP contribution in [0.1, 0.15) is 41.7 Å². The molecule has 6 nitrogen and oxygen atoms in total. The van der Waals surface area contributed by atoms with E-state index in [0.717, 1.165) is 25.1 Å². The molecule has 2 aromatic heterocycles. The van der Waals surface area contributed by atoms with Crippen LogP contribution in [-0.2, 0) is 0 Å². The van der Waals surface area contributed by atoms with Gasteiger partial charge in [-0.25, -0.2) is 4.98 Å². The van der Waals surface area contributed by atoms with Crippen molar-refractivity contribution in [1.82, 2.24) is 20.1 Å². The summed E-state index contributed by atoms with van der Waals surface area (Å²) in [5.74, 6) is 0.858. The number of rotatable bonds is 4. The van der Waals surface area contributed by atoms with Crippen LogP contribution < -0.4 is 4.74 Å². The van der Waals surface area contributed by atoms with Crippen LogP contribution in [-0.4, -0.2) is 45.7 Å². The van der Waals surface area contributed by atoms with Crippen molar-refractivity contribution in [3.63, 3.8) is 0 Å². The van der Waals surface area contributed by atoms with E-state index in [1.807, 2.05) is 17.9 Å². The molecule has 1 N–H and O–H groups in total. The first-order valence-corrected chi connectivity index (χ1v) is 7.65. The van der Waals surface area contributed by atoms with Crippen LogP contribution in [0.2, 0.25) is 0 Å². The van der Waals surface area contributed by atoms with Crippen LogP contribution in [0.4, 0.5) is 0 Å². The Hall–Kier alpha value is -2.37. The van der Waals surface area contributed by atoms with E-state index in [1.165, 1.54) is 0 Å². The van der Waals surface area contributed by atoms with Crippen LogP contribution in [0.5, 0.6) is 5.88 Å². The van der Waals surface area contributed by atoms with Crippen LogP contribution in [0.3, 0.4) is 0 Å². The van der Waals surface area contributed by atoms with Crippen molar-refractivity contribution < 1.29 is 9.53 Å². The number of piperidine rings is 1. The van der Waals surface area contributed by atoms with Gasteiger partial charge in [0, 0.05) is 48.7 Å². The van der Waals surface area contributed by atoms with Crippen molar-refractivity contribution in [3.05, 3.63) is 41.9 Å². The lowest BCUT2D eigenvalue weighted by Gasteiger charge is -2.32. The number of likely N-dealkylation sites (tertiary alicyclic amines) is 1. The second-order valence-corrected chi connectivity index (χ2v) is 5.42. The van der Waals surface area contributed by atoms with Crippen molar-refractivity contribution >= 4 is 5.91 Å². The molecule has 1 aliphatic heterocycles. The zero-order valence-electron chi connectivity index (χ0n) is 12.7. The van der Waals surface area contributed by atoms with Gasteiger partial charge in [0.15, 0.2) is 0 Å². The minimum Gasteiger partial charge on any atom is -0.478 e. The minimum atomic E-state index is 0.0348. The zero-order chi connectivity index (χ0) is 15.4. The van der Waals surface area contributed by atoms with Crippen molar-refractivity contribution in [2.75, 3.05) is 19.7 Å². The van der Waals surface area contributed by atoms with Crippen molar-refractivity contribution in [1.29, 1.82) is 0 Å². The predicted molar refractivity (Wildman–Crippen MR) is 81.9 cm³/mol. The number of ether oxygens (including phenoxy) is 1. The van der Waals surface area contributed by atoms with E-state index in [9.17, 15) is 4.79 Å². The molecule has 1 amide bonds. The molecule has 6 heteroatoms. The highest BCUT2D eigenvalue weighted by atomic mass is 16.5. The average Bonchev–Trinajstić information content (AvgIpc) is 3.09. The first-order valence-electron chi connectivity index (χ1n) is 7.65. The Morgan fingerprint density at radius 1 is 1.45 bits per heavy atom. The zero-order valence-corrected chi connectivity index (χ0v) is 12.7. The van der Waals surface area contributed by atoms with Crippen molar-refractivity contribution in [2.24, 2.45) is 0 Å². The van der Waals surface area contributed by atoms with Gasteiger partial charge in [0.05, 0.1) is 6.61 Å². The molecule has 1 atom stereocenters. The fraction of sp³-hybridized carbons (Fsp3) is 0.438. The molecule has 0 radical (unpaired) electrons. The number of aromatic amines is 1. The summed E-state index contributed by atoms with van der Waals surface area (Å²) in [6.07, 6.45) is 5.45. The molecule has 0 aromatic carbocycles. The molecule has 0 saturated carbocycles. The number of aromatic nitrogens is 3. The third kappa shape index (κ3) is 3.10. The van der Waals surface area contributed by atoms with Crippen LogP contribution in [0.25, 0.3) is 0 Å². The van der Waals surface area contributed by atoms with E-state index in [0.29, 0.717) is 30.5 Å². The molecule has 22 heavy (non-hydrogen) atoms. The number of hydrogen-bond donors (Lipinski definition) is 1. The van der Waals surface area contributed by atoms with Gasteiger partial charge in [0.1, 0.15) is 0 Å².